The molecule has 0 unspecified atom stereocenters. The Morgan fingerprint density at radius 2 is 1.52 bits per heavy atom. The lowest BCUT2D eigenvalue weighted by atomic mass is 9.90. The van der Waals surface area contributed by atoms with Gasteiger partial charge in [-0.1, -0.05) is 62.3 Å². The second-order valence-corrected chi connectivity index (χ2v) is 20.5. The zero-order chi connectivity index (χ0) is 22.1. The molecular formula is C26H50OSi2. The normalized spacial score (nSPS) is 18.1. The van der Waals surface area contributed by atoms with Gasteiger partial charge in [-0.2, -0.15) is 0 Å². The third-order valence-electron chi connectivity index (χ3n) is 7.75. The number of unbranched alkanes of at least 4 members (excludes halogenated alkanes) is 1. The van der Waals surface area contributed by atoms with Gasteiger partial charge < -0.3 is 4.43 Å². The smallest absolute Gasteiger partial charge is 0.250 e. The lowest BCUT2D eigenvalue weighted by Crippen LogP contribution is -2.43. The van der Waals surface area contributed by atoms with E-state index in [4.69, 9.17) is 4.43 Å². The summed E-state index contributed by atoms with van der Waals surface area (Å²) in [6.07, 6.45) is 9.87. The Morgan fingerprint density at radius 1 is 0.966 bits per heavy atom. The predicted molar refractivity (Wildman–Crippen MR) is 136 cm³/mol. The fourth-order valence-electron chi connectivity index (χ4n) is 5.63. The van der Waals surface area contributed by atoms with E-state index in [0.29, 0.717) is 5.92 Å². The first-order chi connectivity index (χ1) is 13.7. The molecule has 0 N–H and O–H groups in total. The van der Waals surface area contributed by atoms with Crippen molar-refractivity contribution in [3.05, 3.63) is 11.8 Å². The predicted octanol–water partition coefficient (Wildman–Crippen LogP) is 9.08. The monoisotopic (exact) mass is 434 g/mol. The zero-order valence-electron chi connectivity index (χ0n) is 21.2. The largest absolute Gasteiger partial charge is 0.547 e. The third kappa shape index (κ3) is 7.03. The third-order valence-corrected chi connectivity index (χ3v) is 18.7. The van der Waals surface area contributed by atoms with Crippen LogP contribution >= 0.6 is 0 Å². The highest BCUT2D eigenvalue weighted by Gasteiger charge is 2.41. The van der Waals surface area contributed by atoms with Crippen LogP contribution in [0.4, 0.5) is 0 Å². The van der Waals surface area contributed by atoms with E-state index in [1.165, 1.54) is 49.6 Å². The summed E-state index contributed by atoms with van der Waals surface area (Å²) in [4.78, 5) is 0. The summed E-state index contributed by atoms with van der Waals surface area (Å²) in [7, 11) is -3.07. The van der Waals surface area contributed by atoms with Gasteiger partial charge in [0, 0.05) is 12.8 Å². The van der Waals surface area contributed by atoms with E-state index >= 15 is 0 Å². The summed E-state index contributed by atoms with van der Waals surface area (Å²) in [5.41, 5.74) is 6.08. The first-order valence-electron chi connectivity index (χ1n) is 12.6. The van der Waals surface area contributed by atoms with Crippen molar-refractivity contribution in [3.8, 4) is 11.5 Å². The van der Waals surface area contributed by atoms with Crippen molar-refractivity contribution in [3.63, 3.8) is 0 Å². The molecule has 0 heterocycles. The average molecular weight is 435 g/mol. The highest BCUT2D eigenvalue weighted by Crippen LogP contribution is 2.40. The van der Waals surface area contributed by atoms with Crippen LogP contribution in [0.25, 0.3) is 0 Å². The summed E-state index contributed by atoms with van der Waals surface area (Å²) in [5, 5.41) is 0. The van der Waals surface area contributed by atoms with Crippen molar-refractivity contribution in [2.45, 2.75) is 136 Å². The molecule has 0 aliphatic heterocycles. The number of hydrogen-bond acceptors (Lipinski definition) is 1. The molecule has 0 aromatic carbocycles. The Labute approximate surface area is 185 Å². The van der Waals surface area contributed by atoms with Crippen molar-refractivity contribution in [2.75, 3.05) is 0 Å². The second-order valence-electron chi connectivity index (χ2n) is 10.2. The van der Waals surface area contributed by atoms with Crippen molar-refractivity contribution >= 4 is 16.4 Å². The summed E-state index contributed by atoms with van der Waals surface area (Å²) < 4.78 is 6.69. The van der Waals surface area contributed by atoms with Gasteiger partial charge in [-0.3, -0.25) is 0 Å². The Balaban J connectivity index is 2.68. The minimum atomic E-state index is -1.56. The fourth-order valence-corrected chi connectivity index (χ4v) is 13.6. The molecule has 0 aromatic rings. The molecule has 0 spiro atoms. The van der Waals surface area contributed by atoms with Crippen LogP contribution in [-0.2, 0) is 4.43 Å². The molecule has 0 saturated heterocycles. The Bertz CT molecular complexity index is 531. The molecule has 1 nitrogen and oxygen atoms in total. The van der Waals surface area contributed by atoms with Gasteiger partial charge in [0.1, 0.15) is 8.07 Å². The highest BCUT2D eigenvalue weighted by atomic mass is 28.4. The first-order valence-corrected chi connectivity index (χ1v) is 17.3. The molecule has 0 radical (unpaired) electrons. The highest BCUT2D eigenvalue weighted by molar-refractivity contribution is 6.90. The molecule has 0 aromatic heterocycles. The number of hydrogen-bond donors (Lipinski definition) is 0. The number of allylic oxidation sites excluding steroid dienone is 2. The molecule has 3 heteroatoms. The zero-order valence-corrected chi connectivity index (χ0v) is 23.2. The van der Waals surface area contributed by atoms with E-state index in [2.05, 4.69) is 79.9 Å². The number of rotatable bonds is 11. The van der Waals surface area contributed by atoms with E-state index in [0.717, 1.165) is 29.5 Å². The standard InChI is InChI=1S/C26H50OSi2/c1-10-28(11-2,12-3)27-26-19-16-18-25(21-26)17-14-13-15-20-29(22(4)5,23(6)7)24(8)9/h21-25H,10-14,16-19H2,1-9H3/t25-/m0/s1. The first kappa shape index (κ1) is 26.6. The van der Waals surface area contributed by atoms with Crippen LogP contribution in [0.3, 0.4) is 0 Å². The van der Waals surface area contributed by atoms with Crippen LogP contribution in [0.1, 0.15) is 101 Å². The Hall–Kier alpha value is -0.466. The van der Waals surface area contributed by atoms with Gasteiger partial charge in [0.05, 0.1) is 5.76 Å². The van der Waals surface area contributed by atoms with Gasteiger partial charge >= 0.3 is 0 Å². The molecule has 0 fully saturated rings. The van der Waals surface area contributed by atoms with Gasteiger partial charge in [0.25, 0.3) is 0 Å². The van der Waals surface area contributed by atoms with Crippen LogP contribution in [0.15, 0.2) is 11.8 Å². The molecule has 29 heavy (non-hydrogen) atoms. The van der Waals surface area contributed by atoms with E-state index < -0.39 is 16.4 Å². The SMILES string of the molecule is CC[Si](CC)(CC)OC1=C[C@@H](CCCC#C[Si](C(C)C)(C(C)C)C(C)C)CCC1. The molecule has 0 amide bonds. The maximum Gasteiger partial charge on any atom is 0.250 e. The lowest BCUT2D eigenvalue weighted by molar-refractivity contribution is 0.341. The van der Waals surface area contributed by atoms with Gasteiger partial charge in [0.2, 0.25) is 8.32 Å². The average Bonchev–Trinajstić information content (AvgIpc) is 2.68. The van der Waals surface area contributed by atoms with E-state index in [1.54, 1.807) is 0 Å². The van der Waals surface area contributed by atoms with Crippen LogP contribution in [0, 0.1) is 17.4 Å². The van der Waals surface area contributed by atoms with Crippen molar-refractivity contribution in [1.29, 1.82) is 0 Å². The molecule has 0 bridgehead atoms. The van der Waals surface area contributed by atoms with E-state index in [9.17, 15) is 0 Å². The summed E-state index contributed by atoms with van der Waals surface area (Å²) >= 11 is 0. The second kappa shape index (κ2) is 12.4. The quantitative estimate of drug-likeness (QED) is 0.179. The summed E-state index contributed by atoms with van der Waals surface area (Å²) in [6.45, 7) is 21.4. The van der Waals surface area contributed by atoms with Gasteiger partial charge in [0.15, 0.2) is 0 Å². The van der Waals surface area contributed by atoms with Crippen LogP contribution in [0.2, 0.25) is 34.8 Å². The Morgan fingerprint density at radius 3 is 2.00 bits per heavy atom. The minimum absolute atomic E-state index is 0.708. The van der Waals surface area contributed by atoms with Crippen molar-refractivity contribution in [1.82, 2.24) is 0 Å². The molecule has 1 aliphatic carbocycles. The van der Waals surface area contributed by atoms with E-state index in [1.807, 2.05) is 0 Å². The topological polar surface area (TPSA) is 9.23 Å². The van der Waals surface area contributed by atoms with Gasteiger partial charge in [-0.25, -0.2) is 0 Å². The van der Waals surface area contributed by atoms with Gasteiger partial charge in [-0.15, -0.1) is 11.5 Å². The van der Waals surface area contributed by atoms with Crippen LogP contribution in [-0.4, -0.2) is 16.4 Å². The maximum absolute atomic E-state index is 6.69. The molecule has 0 saturated carbocycles. The van der Waals surface area contributed by atoms with Crippen molar-refractivity contribution in [2.24, 2.45) is 5.92 Å². The maximum atomic E-state index is 6.69. The molecule has 168 valence electrons. The summed E-state index contributed by atoms with van der Waals surface area (Å²) in [6, 6.07) is 3.72. The minimum Gasteiger partial charge on any atom is -0.547 e. The Kier molecular flexibility index (Phi) is 11.4. The molecule has 1 atom stereocenters. The molecule has 1 rings (SSSR count). The fraction of sp³-hybridized carbons (Fsp3) is 0.846. The van der Waals surface area contributed by atoms with Crippen LogP contribution < -0.4 is 0 Å². The summed E-state index contributed by atoms with van der Waals surface area (Å²) in [5.74, 6) is 5.69. The van der Waals surface area contributed by atoms with Crippen LogP contribution in [0.5, 0.6) is 0 Å². The lowest BCUT2D eigenvalue weighted by Gasteiger charge is -2.38. The molecule has 1 aliphatic rings. The molecular weight excluding hydrogens is 384 g/mol. The van der Waals surface area contributed by atoms with E-state index in [-0.39, 0.29) is 0 Å². The van der Waals surface area contributed by atoms with Crippen molar-refractivity contribution < 1.29 is 4.43 Å². The van der Waals surface area contributed by atoms with Gasteiger partial charge in [-0.05, 0) is 72.4 Å².